The van der Waals surface area contributed by atoms with Crippen LogP contribution in [0.1, 0.15) is 22.9 Å². The first kappa shape index (κ1) is 23.8. The molecule has 33 heavy (non-hydrogen) atoms. The Morgan fingerprint density at radius 3 is 2.36 bits per heavy atom. The number of rotatable bonds is 3. The van der Waals surface area contributed by atoms with Crippen molar-refractivity contribution in [3.8, 4) is 0 Å². The number of likely N-dealkylation sites (N-methyl/N-ethyl adjacent to an activating group) is 1. The summed E-state index contributed by atoms with van der Waals surface area (Å²) in [7, 11) is -1.15. The van der Waals surface area contributed by atoms with Crippen LogP contribution >= 0.6 is 11.6 Å². The number of aromatic amines is 1. The molecule has 5 rings (SSSR count). The van der Waals surface area contributed by atoms with E-state index in [1.165, 1.54) is 6.26 Å². The van der Waals surface area contributed by atoms with E-state index < -0.39 is 9.84 Å². The zero-order valence-corrected chi connectivity index (χ0v) is 20.3. The number of halogens is 1. The highest BCUT2D eigenvalue weighted by atomic mass is 35.5. The summed E-state index contributed by atoms with van der Waals surface area (Å²) in [4.78, 5) is 19.3. The topological polar surface area (TPSA) is 82.7 Å². The van der Waals surface area contributed by atoms with Gasteiger partial charge in [0.15, 0.2) is 9.84 Å². The van der Waals surface area contributed by atoms with E-state index in [1.807, 2.05) is 18.2 Å². The van der Waals surface area contributed by atoms with Gasteiger partial charge in [-0.2, -0.15) is 0 Å². The van der Waals surface area contributed by atoms with Crippen LogP contribution < -0.4 is 0 Å². The van der Waals surface area contributed by atoms with Gasteiger partial charge in [0.05, 0.1) is 24.2 Å². The molecule has 2 aromatic carbocycles. The van der Waals surface area contributed by atoms with Crippen LogP contribution in [0.4, 0.5) is 0 Å². The Kier molecular flexibility index (Phi) is 7.09. The average Bonchev–Trinajstić information content (AvgIpc) is 3.16. The number of aromatic nitrogens is 1. The van der Waals surface area contributed by atoms with E-state index in [-0.39, 0.29) is 10.9 Å². The number of amides is 1. The van der Waals surface area contributed by atoms with E-state index in [0.717, 1.165) is 66.9 Å². The smallest absolute Gasteiger partial charge is 0.210 e. The molecule has 3 aromatic rings. The molecule has 0 saturated carbocycles. The summed E-state index contributed by atoms with van der Waals surface area (Å²) < 4.78 is 28.5. The summed E-state index contributed by atoms with van der Waals surface area (Å²) in [5.74, 6) is 0. The number of H-pyrrole nitrogens is 1. The molecule has 176 valence electrons. The third kappa shape index (κ3) is 5.24. The second-order valence-corrected chi connectivity index (χ2v) is 10.9. The van der Waals surface area contributed by atoms with Crippen LogP contribution in [-0.4, -0.2) is 75.8 Å². The fourth-order valence-corrected chi connectivity index (χ4v) is 5.11. The van der Waals surface area contributed by atoms with Gasteiger partial charge < -0.3 is 19.5 Å². The molecule has 0 bridgehead atoms. The summed E-state index contributed by atoms with van der Waals surface area (Å²) in [6, 6.07) is 12.1. The van der Waals surface area contributed by atoms with Gasteiger partial charge in [0.1, 0.15) is 0 Å². The lowest BCUT2D eigenvalue weighted by Gasteiger charge is -2.33. The molecule has 0 spiro atoms. The highest BCUT2D eigenvalue weighted by Gasteiger charge is 2.31. The molecule has 2 aliphatic heterocycles. The number of sulfone groups is 1. The monoisotopic (exact) mass is 489 g/mol. The number of ether oxygens (including phenoxy) is 1. The van der Waals surface area contributed by atoms with E-state index >= 15 is 0 Å². The van der Waals surface area contributed by atoms with Crippen molar-refractivity contribution in [3.63, 3.8) is 0 Å². The number of hydrogen-bond acceptors (Lipinski definition) is 5. The van der Waals surface area contributed by atoms with Crippen molar-refractivity contribution in [2.45, 2.75) is 17.4 Å². The Bertz CT molecular complexity index is 1230. The summed E-state index contributed by atoms with van der Waals surface area (Å²) in [6.07, 6.45) is 2.77. The molecule has 1 N–H and O–H groups in total. The Labute approximate surface area is 199 Å². The van der Waals surface area contributed by atoms with Gasteiger partial charge in [-0.15, -0.1) is 0 Å². The van der Waals surface area contributed by atoms with Gasteiger partial charge in [-0.05, 0) is 54.9 Å². The lowest BCUT2D eigenvalue weighted by molar-refractivity contribution is -0.120. The minimum absolute atomic E-state index is 0.262. The first-order valence-electron chi connectivity index (χ1n) is 10.9. The molecule has 9 heteroatoms. The standard InChI is InChI=1S/C19H17ClN2O3S.C5H11NO/c1-26(24,25)14-5-2-12(3-6-14)19-18-15(8-9-22(19)11-23)16-10-13(20)4-7-17(16)21-18;1-6-2-4-7-5-3-6/h2-7,10-11,19,21H,8-9H2,1H3;2-5H2,1H3. The van der Waals surface area contributed by atoms with Crippen LogP contribution in [-0.2, 0) is 25.8 Å². The van der Waals surface area contributed by atoms with Gasteiger partial charge >= 0.3 is 0 Å². The second-order valence-electron chi connectivity index (χ2n) is 8.46. The SMILES string of the molecule is CN1CCOCC1.CS(=O)(=O)c1ccc(C2c3[nH]c4ccc(Cl)cc4c3CCN2C=O)cc1. The van der Waals surface area contributed by atoms with Crippen LogP contribution in [0.2, 0.25) is 5.02 Å². The molecular formula is C24H28ClN3O4S. The lowest BCUT2D eigenvalue weighted by Crippen LogP contribution is -2.35. The highest BCUT2D eigenvalue weighted by Crippen LogP contribution is 2.38. The summed E-state index contributed by atoms with van der Waals surface area (Å²) in [5, 5.41) is 1.74. The molecule has 1 atom stereocenters. The number of nitrogens with zero attached hydrogens (tertiary/aromatic N) is 2. The zero-order valence-electron chi connectivity index (χ0n) is 18.8. The minimum atomic E-state index is -3.26. The molecule has 1 fully saturated rings. The maximum atomic E-state index is 11.7. The number of carbonyl (C=O) groups excluding carboxylic acids is 1. The van der Waals surface area contributed by atoms with Crippen molar-refractivity contribution in [2.24, 2.45) is 0 Å². The van der Waals surface area contributed by atoms with Crippen molar-refractivity contribution >= 4 is 38.8 Å². The molecule has 0 radical (unpaired) electrons. The van der Waals surface area contributed by atoms with Gasteiger partial charge in [-0.3, -0.25) is 4.79 Å². The van der Waals surface area contributed by atoms with E-state index in [0.29, 0.717) is 11.6 Å². The number of morpholine rings is 1. The van der Waals surface area contributed by atoms with E-state index in [9.17, 15) is 13.2 Å². The molecule has 7 nitrogen and oxygen atoms in total. The van der Waals surface area contributed by atoms with Gasteiger partial charge in [0.2, 0.25) is 6.41 Å². The van der Waals surface area contributed by atoms with Gasteiger partial charge in [-0.1, -0.05) is 23.7 Å². The molecular weight excluding hydrogens is 462 g/mol. The largest absolute Gasteiger partial charge is 0.379 e. The summed E-state index contributed by atoms with van der Waals surface area (Å²) >= 11 is 6.15. The zero-order chi connectivity index (χ0) is 23.6. The lowest BCUT2D eigenvalue weighted by atomic mass is 9.93. The number of nitrogens with one attached hydrogen (secondary N) is 1. The maximum absolute atomic E-state index is 11.7. The Morgan fingerprint density at radius 2 is 1.79 bits per heavy atom. The maximum Gasteiger partial charge on any atom is 0.210 e. The average molecular weight is 490 g/mol. The first-order chi connectivity index (χ1) is 15.8. The molecule has 2 aliphatic rings. The predicted molar refractivity (Wildman–Crippen MR) is 129 cm³/mol. The molecule has 0 aliphatic carbocycles. The minimum Gasteiger partial charge on any atom is -0.379 e. The third-order valence-electron chi connectivity index (χ3n) is 6.12. The number of benzene rings is 2. The van der Waals surface area contributed by atoms with E-state index in [2.05, 4.69) is 16.9 Å². The van der Waals surface area contributed by atoms with Crippen molar-refractivity contribution in [1.29, 1.82) is 0 Å². The second kappa shape index (κ2) is 9.85. The van der Waals surface area contributed by atoms with Crippen LogP contribution in [0.5, 0.6) is 0 Å². The van der Waals surface area contributed by atoms with Crippen molar-refractivity contribution in [1.82, 2.24) is 14.8 Å². The van der Waals surface area contributed by atoms with Gasteiger partial charge in [0, 0.05) is 47.5 Å². The van der Waals surface area contributed by atoms with Crippen molar-refractivity contribution in [3.05, 3.63) is 64.3 Å². The van der Waals surface area contributed by atoms with Crippen LogP contribution in [0.3, 0.4) is 0 Å². The summed E-state index contributed by atoms with van der Waals surface area (Å²) in [5.41, 5.74) is 3.94. The first-order valence-corrected chi connectivity index (χ1v) is 13.1. The summed E-state index contributed by atoms with van der Waals surface area (Å²) in [6.45, 7) is 4.61. The molecule has 1 unspecified atom stereocenters. The normalized spacial score (nSPS) is 19.0. The van der Waals surface area contributed by atoms with Gasteiger partial charge in [-0.25, -0.2) is 8.42 Å². The Hall–Kier alpha value is -2.39. The predicted octanol–water partition coefficient (Wildman–Crippen LogP) is 3.28. The third-order valence-corrected chi connectivity index (χ3v) is 7.48. The number of hydrogen-bond donors (Lipinski definition) is 1. The Morgan fingerprint density at radius 1 is 1.09 bits per heavy atom. The molecule has 1 amide bonds. The molecule has 3 heterocycles. The van der Waals surface area contributed by atoms with Crippen LogP contribution in [0, 0.1) is 0 Å². The van der Waals surface area contributed by atoms with Gasteiger partial charge in [0.25, 0.3) is 0 Å². The van der Waals surface area contributed by atoms with Crippen LogP contribution in [0.15, 0.2) is 47.4 Å². The molecule has 1 saturated heterocycles. The quantitative estimate of drug-likeness (QED) is 0.571. The fourth-order valence-electron chi connectivity index (χ4n) is 4.30. The Balaban J connectivity index is 0.000000318. The van der Waals surface area contributed by atoms with E-state index in [1.54, 1.807) is 29.2 Å². The van der Waals surface area contributed by atoms with Crippen molar-refractivity contribution in [2.75, 3.05) is 46.2 Å². The van der Waals surface area contributed by atoms with E-state index in [4.69, 9.17) is 16.3 Å². The van der Waals surface area contributed by atoms with Crippen molar-refractivity contribution < 1.29 is 17.9 Å². The molecule has 1 aromatic heterocycles. The van der Waals surface area contributed by atoms with Crippen LogP contribution in [0.25, 0.3) is 10.9 Å². The number of carbonyl (C=O) groups is 1. The highest BCUT2D eigenvalue weighted by molar-refractivity contribution is 7.90. The number of fused-ring (bicyclic) bond motifs is 3. The fraction of sp³-hybridized carbons (Fsp3) is 0.375.